The molecule has 1 aromatic rings. The maximum atomic E-state index is 11.4. The Bertz CT molecular complexity index is 317. The van der Waals surface area contributed by atoms with Crippen molar-refractivity contribution in [1.82, 2.24) is 5.16 Å². The zero-order chi connectivity index (χ0) is 10.7. The summed E-state index contributed by atoms with van der Waals surface area (Å²) in [5, 5.41) is 6.44. The number of amides is 1. The van der Waals surface area contributed by atoms with E-state index in [4.69, 9.17) is 10.3 Å². The van der Waals surface area contributed by atoms with Crippen LogP contribution >= 0.6 is 12.4 Å². The van der Waals surface area contributed by atoms with Crippen molar-refractivity contribution in [3.63, 3.8) is 0 Å². The number of aryl methyl sites for hydroxylation is 2. The second-order valence-corrected chi connectivity index (χ2v) is 3.43. The van der Waals surface area contributed by atoms with Crippen LogP contribution in [-0.4, -0.2) is 17.1 Å². The number of hydrogen-bond acceptors (Lipinski definition) is 4. The Morgan fingerprint density at radius 1 is 1.60 bits per heavy atom. The van der Waals surface area contributed by atoms with Crippen LogP contribution in [-0.2, 0) is 4.79 Å². The minimum atomic E-state index is -0.143. The first kappa shape index (κ1) is 13.9. The number of rotatable bonds is 3. The first-order chi connectivity index (χ1) is 6.50. The Balaban J connectivity index is 0.00000196. The molecule has 1 heterocycles. The molecule has 0 spiro atoms. The van der Waals surface area contributed by atoms with Crippen molar-refractivity contribution in [2.24, 2.45) is 5.73 Å². The molecule has 0 radical (unpaired) electrons. The van der Waals surface area contributed by atoms with E-state index in [1.165, 1.54) is 0 Å². The molecule has 6 heteroatoms. The Morgan fingerprint density at radius 3 is 2.60 bits per heavy atom. The summed E-state index contributed by atoms with van der Waals surface area (Å²) < 4.78 is 4.91. The van der Waals surface area contributed by atoms with E-state index in [0.29, 0.717) is 23.6 Å². The van der Waals surface area contributed by atoms with Crippen LogP contribution in [0.1, 0.15) is 24.8 Å². The molecule has 0 aliphatic heterocycles. The fourth-order valence-corrected chi connectivity index (χ4v) is 1.14. The molecule has 0 aromatic carbocycles. The lowest BCUT2D eigenvalue weighted by atomic mass is 10.2. The van der Waals surface area contributed by atoms with Crippen LogP contribution < -0.4 is 11.1 Å². The van der Waals surface area contributed by atoms with Crippen LogP contribution in [0.3, 0.4) is 0 Å². The van der Waals surface area contributed by atoms with Crippen LogP contribution in [0.25, 0.3) is 0 Å². The normalized spacial score (nSPS) is 11.7. The first-order valence-electron chi connectivity index (χ1n) is 4.49. The maximum absolute atomic E-state index is 11.4. The number of nitrogens with zero attached hydrogens (tertiary/aromatic N) is 1. The van der Waals surface area contributed by atoms with Crippen LogP contribution in [0.4, 0.5) is 5.69 Å². The average molecular weight is 234 g/mol. The highest BCUT2D eigenvalue weighted by molar-refractivity contribution is 5.92. The number of nitrogens with two attached hydrogens (primary N) is 1. The van der Waals surface area contributed by atoms with Crippen molar-refractivity contribution in [3.8, 4) is 0 Å². The predicted octanol–water partition coefficient (Wildman–Crippen LogP) is 1.39. The maximum Gasteiger partial charge on any atom is 0.226 e. The van der Waals surface area contributed by atoms with Crippen molar-refractivity contribution in [1.29, 1.82) is 0 Å². The van der Waals surface area contributed by atoms with Gasteiger partial charge in [-0.2, -0.15) is 0 Å². The molecule has 1 aromatic heterocycles. The van der Waals surface area contributed by atoms with Gasteiger partial charge in [0.05, 0.1) is 0 Å². The molecule has 0 fully saturated rings. The molecule has 15 heavy (non-hydrogen) atoms. The van der Waals surface area contributed by atoms with E-state index in [0.717, 1.165) is 0 Å². The summed E-state index contributed by atoms with van der Waals surface area (Å²) in [4.78, 5) is 11.4. The third-order valence-electron chi connectivity index (χ3n) is 1.81. The number of hydrogen-bond donors (Lipinski definition) is 2. The summed E-state index contributed by atoms with van der Waals surface area (Å²) in [5.41, 5.74) is 6.83. The lowest BCUT2D eigenvalue weighted by molar-refractivity contribution is -0.116. The molecular formula is C9H16ClN3O2. The molecule has 0 saturated heterocycles. The lowest BCUT2D eigenvalue weighted by Gasteiger charge is -2.05. The van der Waals surface area contributed by atoms with Gasteiger partial charge in [0.1, 0.15) is 11.4 Å². The van der Waals surface area contributed by atoms with Gasteiger partial charge in [-0.1, -0.05) is 5.16 Å². The van der Waals surface area contributed by atoms with Gasteiger partial charge in [-0.15, -0.1) is 12.4 Å². The number of anilines is 1. The van der Waals surface area contributed by atoms with E-state index in [1.54, 1.807) is 20.8 Å². The summed E-state index contributed by atoms with van der Waals surface area (Å²) >= 11 is 0. The van der Waals surface area contributed by atoms with Gasteiger partial charge in [0.25, 0.3) is 0 Å². The van der Waals surface area contributed by atoms with Crippen molar-refractivity contribution in [2.45, 2.75) is 33.2 Å². The van der Waals surface area contributed by atoms with Crippen LogP contribution in [0.5, 0.6) is 0 Å². The van der Waals surface area contributed by atoms with E-state index in [9.17, 15) is 4.79 Å². The molecular weight excluding hydrogens is 218 g/mol. The smallest absolute Gasteiger partial charge is 0.226 e. The number of halogens is 1. The Hall–Kier alpha value is -1.07. The van der Waals surface area contributed by atoms with Crippen molar-refractivity contribution in [2.75, 3.05) is 5.32 Å². The molecule has 86 valence electrons. The highest BCUT2D eigenvalue weighted by atomic mass is 35.5. The number of nitrogens with one attached hydrogen (secondary N) is 1. The molecule has 5 nitrogen and oxygen atoms in total. The van der Waals surface area contributed by atoms with Crippen molar-refractivity contribution in [3.05, 3.63) is 11.5 Å². The summed E-state index contributed by atoms with van der Waals surface area (Å²) in [6, 6.07) is -0.143. The van der Waals surface area contributed by atoms with Crippen LogP contribution in [0, 0.1) is 13.8 Å². The molecule has 1 unspecified atom stereocenters. The Labute approximate surface area is 94.8 Å². The van der Waals surface area contributed by atoms with E-state index in [-0.39, 0.29) is 24.4 Å². The molecule has 0 saturated carbocycles. The molecule has 0 bridgehead atoms. The van der Waals surface area contributed by atoms with Gasteiger partial charge in [-0.25, -0.2) is 0 Å². The molecule has 0 aliphatic rings. The fraction of sp³-hybridized carbons (Fsp3) is 0.556. The van der Waals surface area contributed by atoms with Gasteiger partial charge < -0.3 is 15.6 Å². The first-order valence-corrected chi connectivity index (χ1v) is 4.49. The molecule has 1 atom stereocenters. The number of carbonyl (C=O) groups excluding carboxylic acids is 1. The van der Waals surface area contributed by atoms with E-state index >= 15 is 0 Å². The summed E-state index contributed by atoms with van der Waals surface area (Å²) in [6.45, 7) is 5.31. The summed E-state index contributed by atoms with van der Waals surface area (Å²) in [6.07, 6.45) is 0.296. The van der Waals surface area contributed by atoms with Gasteiger partial charge in [-0.05, 0) is 20.8 Å². The SMILES string of the molecule is Cc1noc(C)c1NC(=O)CC(C)N.Cl. The van der Waals surface area contributed by atoms with Gasteiger partial charge in [0.15, 0.2) is 5.76 Å². The zero-order valence-electron chi connectivity index (χ0n) is 9.03. The second-order valence-electron chi connectivity index (χ2n) is 3.43. The molecule has 1 amide bonds. The third-order valence-corrected chi connectivity index (χ3v) is 1.81. The highest BCUT2D eigenvalue weighted by Gasteiger charge is 2.12. The van der Waals surface area contributed by atoms with E-state index in [2.05, 4.69) is 10.5 Å². The number of aromatic nitrogens is 1. The topological polar surface area (TPSA) is 81.2 Å². The molecule has 3 N–H and O–H groups in total. The molecule has 0 aliphatic carbocycles. The summed E-state index contributed by atoms with van der Waals surface area (Å²) in [7, 11) is 0. The van der Waals surface area contributed by atoms with Gasteiger partial charge in [0, 0.05) is 12.5 Å². The minimum absolute atomic E-state index is 0. The zero-order valence-corrected chi connectivity index (χ0v) is 9.85. The largest absolute Gasteiger partial charge is 0.359 e. The third kappa shape index (κ3) is 3.89. The van der Waals surface area contributed by atoms with Crippen LogP contribution in [0.2, 0.25) is 0 Å². The van der Waals surface area contributed by atoms with Crippen LogP contribution in [0.15, 0.2) is 4.52 Å². The number of carbonyl (C=O) groups is 1. The monoisotopic (exact) mass is 233 g/mol. The highest BCUT2D eigenvalue weighted by Crippen LogP contribution is 2.18. The lowest BCUT2D eigenvalue weighted by Crippen LogP contribution is -2.24. The Morgan fingerprint density at radius 2 is 2.20 bits per heavy atom. The second kappa shape index (κ2) is 5.72. The summed E-state index contributed by atoms with van der Waals surface area (Å²) in [5.74, 6) is 0.495. The van der Waals surface area contributed by atoms with Gasteiger partial charge >= 0.3 is 0 Å². The average Bonchev–Trinajstić information content (AvgIpc) is 2.34. The van der Waals surface area contributed by atoms with E-state index in [1.807, 2.05) is 0 Å². The van der Waals surface area contributed by atoms with Gasteiger partial charge in [-0.3, -0.25) is 4.79 Å². The van der Waals surface area contributed by atoms with E-state index < -0.39 is 0 Å². The standard InChI is InChI=1S/C9H15N3O2.ClH/c1-5(10)4-8(13)11-9-6(2)12-14-7(9)3;/h5H,4,10H2,1-3H3,(H,11,13);1H. The Kier molecular flexibility index (Phi) is 5.32. The quantitative estimate of drug-likeness (QED) is 0.827. The molecule has 1 rings (SSSR count). The van der Waals surface area contributed by atoms with Crippen molar-refractivity contribution < 1.29 is 9.32 Å². The fourth-order valence-electron chi connectivity index (χ4n) is 1.14. The minimum Gasteiger partial charge on any atom is -0.359 e. The van der Waals surface area contributed by atoms with Crippen molar-refractivity contribution >= 4 is 24.0 Å². The predicted molar refractivity (Wildman–Crippen MR) is 60.1 cm³/mol. The van der Waals surface area contributed by atoms with Gasteiger partial charge in [0.2, 0.25) is 5.91 Å².